The molecule has 0 saturated carbocycles. The van der Waals surface area contributed by atoms with Crippen LogP contribution in [0.2, 0.25) is 0 Å². The molecular weight excluding hydrogens is 679 g/mol. The monoisotopic (exact) mass is 701 g/mol. The molecular formula is C33H22N4O2Pt. The normalized spacial score (nSPS) is 12.0. The van der Waals surface area contributed by atoms with E-state index < -0.39 is 0 Å². The van der Waals surface area contributed by atoms with E-state index in [0.717, 1.165) is 66.0 Å². The number of ether oxygens (including phenoxy) is 2. The van der Waals surface area contributed by atoms with Gasteiger partial charge in [0.25, 0.3) is 0 Å². The van der Waals surface area contributed by atoms with Gasteiger partial charge in [-0.2, -0.15) is 0 Å². The zero-order valence-corrected chi connectivity index (χ0v) is 23.7. The van der Waals surface area contributed by atoms with Gasteiger partial charge in [0.15, 0.2) is 0 Å². The molecule has 40 heavy (non-hydrogen) atoms. The second kappa shape index (κ2) is 8.93. The Balaban J connectivity index is 1.26. The van der Waals surface area contributed by atoms with Crippen LogP contribution in [0.4, 0.5) is 0 Å². The molecule has 8 rings (SSSR count). The van der Waals surface area contributed by atoms with Crippen molar-refractivity contribution in [1.82, 2.24) is 18.7 Å². The molecule has 0 amide bonds. The van der Waals surface area contributed by atoms with E-state index in [2.05, 4.69) is 93.7 Å². The van der Waals surface area contributed by atoms with Gasteiger partial charge in [-0.1, -0.05) is 18.2 Å². The summed E-state index contributed by atoms with van der Waals surface area (Å²) < 4.78 is 20.5. The summed E-state index contributed by atoms with van der Waals surface area (Å²) in [6.45, 7) is 0. The first-order valence-corrected chi connectivity index (χ1v) is 14.1. The van der Waals surface area contributed by atoms with Crippen molar-refractivity contribution in [3.8, 4) is 45.8 Å². The van der Waals surface area contributed by atoms with Crippen LogP contribution in [0.25, 0.3) is 44.6 Å². The van der Waals surface area contributed by atoms with Crippen molar-refractivity contribution < 1.29 is 28.8 Å². The number of hydrogen-bond donors (Lipinski definition) is 0. The molecule has 7 aromatic rings. The van der Waals surface area contributed by atoms with Gasteiger partial charge in [0.2, 0.25) is 0 Å². The second-order valence-corrected chi connectivity index (χ2v) is 10.8. The van der Waals surface area contributed by atoms with Gasteiger partial charge in [0.1, 0.15) is 0 Å². The van der Waals surface area contributed by atoms with Crippen LogP contribution in [0.5, 0.6) is 23.0 Å². The van der Waals surface area contributed by atoms with Crippen molar-refractivity contribution in [2.24, 2.45) is 7.05 Å². The quantitative estimate of drug-likeness (QED) is 0.188. The van der Waals surface area contributed by atoms with Crippen molar-refractivity contribution >= 4 is 21.8 Å². The molecule has 0 radical (unpaired) electrons. The van der Waals surface area contributed by atoms with Crippen molar-refractivity contribution in [1.29, 1.82) is 0 Å². The summed E-state index contributed by atoms with van der Waals surface area (Å²) in [7, 11) is 2.06. The van der Waals surface area contributed by atoms with Gasteiger partial charge < -0.3 is 0 Å². The van der Waals surface area contributed by atoms with E-state index >= 15 is 0 Å². The fraction of sp³-hybridized carbons (Fsp3) is 0.0303. The molecule has 0 bridgehead atoms. The maximum atomic E-state index is 6.51. The fourth-order valence-corrected chi connectivity index (χ4v) is 6.24. The molecule has 4 aromatic carbocycles. The molecule has 0 N–H and O–H groups in total. The van der Waals surface area contributed by atoms with Gasteiger partial charge in [-0.05, 0) is 6.07 Å². The molecule has 196 valence electrons. The third-order valence-electron chi connectivity index (χ3n) is 7.31. The van der Waals surface area contributed by atoms with Crippen molar-refractivity contribution in [3.63, 3.8) is 0 Å². The Morgan fingerprint density at radius 3 is 2.40 bits per heavy atom. The van der Waals surface area contributed by atoms with Crippen molar-refractivity contribution in [2.75, 3.05) is 0 Å². The van der Waals surface area contributed by atoms with Crippen LogP contribution in [0.1, 0.15) is 0 Å². The number of aromatic nitrogens is 4. The van der Waals surface area contributed by atoms with E-state index in [1.165, 1.54) is 5.39 Å². The zero-order valence-electron chi connectivity index (χ0n) is 21.4. The standard InChI is InChI=1S/C33H22N4O2.Pt/c1-35-20-30-26-9-3-5-11-31(26)39-32-16-14-23(19-29(32)36(30)21-35)38-22-13-15-25-24-8-2-4-10-27(24)37(28(25)18-22)33-12-6-7-17-34-33;/h2-20H,1H3;. The van der Waals surface area contributed by atoms with E-state index in [4.69, 9.17) is 9.47 Å². The number of benzene rings is 4. The number of fused-ring (bicyclic) bond motifs is 8. The van der Waals surface area contributed by atoms with Crippen LogP contribution >= 0.6 is 0 Å². The topological polar surface area (TPSA) is 46.1 Å². The first-order chi connectivity index (χ1) is 19.7. The van der Waals surface area contributed by atoms with Crippen LogP contribution in [-0.4, -0.2) is 18.7 Å². The maximum absolute atomic E-state index is 6.51. The molecule has 1 aliphatic rings. The van der Waals surface area contributed by atoms with E-state index in [1.54, 1.807) is 0 Å². The average molecular weight is 702 g/mol. The average Bonchev–Trinajstić information content (AvgIpc) is 3.42. The minimum atomic E-state index is 0.728. The molecule has 7 heteroatoms. The zero-order chi connectivity index (χ0) is 26.8. The number of aryl methyl sites for hydroxylation is 1. The Kier molecular flexibility index (Phi) is 5.19. The Morgan fingerprint density at radius 2 is 1.50 bits per heavy atom. The second-order valence-electron chi connectivity index (χ2n) is 9.75. The number of para-hydroxylation sites is 2. The number of imidazole rings is 1. The van der Waals surface area contributed by atoms with E-state index in [0.29, 0.717) is 0 Å². The summed E-state index contributed by atoms with van der Waals surface area (Å²) in [5, 5.41) is 2.33. The Morgan fingerprint density at radius 1 is 0.725 bits per heavy atom. The number of rotatable bonds is 3. The third-order valence-corrected chi connectivity index (χ3v) is 8.62. The van der Waals surface area contributed by atoms with Gasteiger partial charge in [-0.15, -0.1) is 0 Å². The van der Waals surface area contributed by atoms with Gasteiger partial charge >= 0.3 is 211 Å². The molecule has 0 spiro atoms. The van der Waals surface area contributed by atoms with Crippen LogP contribution in [0.3, 0.4) is 0 Å². The summed E-state index contributed by atoms with van der Waals surface area (Å²) >= 11 is 2.36. The predicted molar refractivity (Wildman–Crippen MR) is 152 cm³/mol. The van der Waals surface area contributed by atoms with Gasteiger partial charge in [0.05, 0.1) is 0 Å². The Hall–Kier alpha value is -4.67. The molecule has 6 nitrogen and oxygen atoms in total. The van der Waals surface area contributed by atoms with Crippen LogP contribution in [0.15, 0.2) is 116 Å². The minimum absolute atomic E-state index is 0.728. The van der Waals surface area contributed by atoms with Gasteiger partial charge in [-0.25, -0.2) is 0 Å². The fourth-order valence-electron chi connectivity index (χ4n) is 5.54. The van der Waals surface area contributed by atoms with Crippen molar-refractivity contribution in [2.45, 2.75) is 0 Å². The number of nitrogens with zero attached hydrogens (tertiary/aromatic N) is 4. The first kappa shape index (κ1) is 23.2. The van der Waals surface area contributed by atoms with Gasteiger partial charge in [0, 0.05) is 6.20 Å². The summed E-state index contributed by atoms with van der Waals surface area (Å²) in [6.07, 6.45) is 3.96. The molecule has 0 atom stereocenters. The van der Waals surface area contributed by atoms with Crippen LogP contribution in [0, 0.1) is 3.80 Å². The Bertz CT molecular complexity index is 2160. The van der Waals surface area contributed by atoms with Crippen molar-refractivity contribution in [3.05, 3.63) is 119 Å². The summed E-state index contributed by atoms with van der Waals surface area (Å²) in [5.41, 5.74) is 5.20. The molecule has 0 unspecified atom stereocenters. The summed E-state index contributed by atoms with van der Waals surface area (Å²) in [4.78, 5) is 4.64. The summed E-state index contributed by atoms with van der Waals surface area (Å²) in [6, 6.07) is 34.8. The molecule has 0 aliphatic carbocycles. The molecule has 3 aromatic heterocycles. The van der Waals surface area contributed by atoms with E-state index in [-0.39, 0.29) is 0 Å². The van der Waals surface area contributed by atoms with E-state index in [9.17, 15) is 0 Å². The molecule has 4 heterocycles. The summed E-state index contributed by atoms with van der Waals surface area (Å²) in [5.74, 6) is 3.96. The molecule has 0 fully saturated rings. The predicted octanol–water partition coefficient (Wildman–Crippen LogP) is 7.95. The van der Waals surface area contributed by atoms with Crippen LogP contribution in [-0.2, 0) is 26.4 Å². The van der Waals surface area contributed by atoms with E-state index in [1.807, 2.05) is 66.9 Å². The third kappa shape index (κ3) is 3.53. The molecule has 0 saturated heterocycles. The number of hydrogen-bond acceptors (Lipinski definition) is 3. The molecule has 1 aliphatic heterocycles. The SMILES string of the molecule is Cn1cc2n([c]1=[Pt])-c1cc(Oc3ccc4c5ccccc5n(-c5ccccn5)c4c3)ccc1Oc1ccccc1-2. The van der Waals surface area contributed by atoms with Gasteiger partial charge in [-0.3, -0.25) is 0 Å². The Labute approximate surface area is 240 Å². The van der Waals surface area contributed by atoms with Crippen LogP contribution < -0.4 is 9.47 Å². The first-order valence-electron chi connectivity index (χ1n) is 12.9. The number of pyridine rings is 1.